The SMILES string of the molecule is CCCNC(=O)C(C)N(Cc1ccc(OC)cc1)C(=O)CN(c1cc(OC)ccc1OC)S(=O)(=O)c1ccccc1. The zero-order valence-electron chi connectivity index (χ0n) is 24.0. The summed E-state index contributed by atoms with van der Waals surface area (Å²) in [5.41, 5.74) is 0.863. The summed E-state index contributed by atoms with van der Waals surface area (Å²) in [4.78, 5) is 28.4. The van der Waals surface area contributed by atoms with Gasteiger partial charge in [-0.2, -0.15) is 0 Å². The maximum atomic E-state index is 14.0. The van der Waals surface area contributed by atoms with Crippen molar-refractivity contribution in [2.24, 2.45) is 0 Å². The van der Waals surface area contributed by atoms with Crippen LogP contribution in [0.5, 0.6) is 17.2 Å². The Morgan fingerprint density at radius 3 is 2.10 bits per heavy atom. The first-order chi connectivity index (χ1) is 19.7. The summed E-state index contributed by atoms with van der Waals surface area (Å²) in [6.07, 6.45) is 0.726. The smallest absolute Gasteiger partial charge is 0.264 e. The fourth-order valence-electron chi connectivity index (χ4n) is 4.13. The molecule has 2 amide bonds. The van der Waals surface area contributed by atoms with Crippen LogP contribution in [-0.2, 0) is 26.2 Å². The number of rotatable bonds is 14. The maximum absolute atomic E-state index is 14.0. The van der Waals surface area contributed by atoms with Gasteiger partial charge in [0.15, 0.2) is 0 Å². The van der Waals surface area contributed by atoms with Gasteiger partial charge in [0, 0.05) is 19.2 Å². The van der Waals surface area contributed by atoms with Crippen molar-refractivity contribution in [3.05, 3.63) is 78.4 Å². The molecule has 3 aromatic rings. The fourth-order valence-corrected chi connectivity index (χ4v) is 5.57. The van der Waals surface area contributed by atoms with Gasteiger partial charge in [-0.3, -0.25) is 13.9 Å². The number of nitrogens with zero attached hydrogens (tertiary/aromatic N) is 2. The molecule has 1 unspecified atom stereocenters. The summed E-state index contributed by atoms with van der Waals surface area (Å²) in [5, 5.41) is 2.82. The predicted molar refractivity (Wildman–Crippen MR) is 157 cm³/mol. The third kappa shape index (κ3) is 7.69. The molecular weight excluding hydrogens is 546 g/mol. The highest BCUT2D eigenvalue weighted by molar-refractivity contribution is 7.92. The number of amides is 2. The van der Waals surface area contributed by atoms with Crippen molar-refractivity contribution in [1.29, 1.82) is 0 Å². The van der Waals surface area contributed by atoms with Gasteiger partial charge in [0.1, 0.15) is 29.8 Å². The Morgan fingerprint density at radius 1 is 0.878 bits per heavy atom. The molecule has 0 fully saturated rings. The zero-order valence-corrected chi connectivity index (χ0v) is 24.8. The van der Waals surface area contributed by atoms with Crippen LogP contribution in [0.25, 0.3) is 0 Å². The van der Waals surface area contributed by atoms with Crippen LogP contribution in [-0.4, -0.2) is 65.6 Å². The Hall–Kier alpha value is -4.25. The lowest BCUT2D eigenvalue weighted by Crippen LogP contribution is -2.51. The van der Waals surface area contributed by atoms with Crippen molar-refractivity contribution < 1.29 is 32.2 Å². The molecule has 0 aliphatic rings. The quantitative estimate of drug-likeness (QED) is 0.307. The van der Waals surface area contributed by atoms with E-state index in [0.717, 1.165) is 16.3 Å². The Kier molecular flexibility index (Phi) is 11.0. The standard InChI is InChI=1S/C30H37N3O7S/c1-6-18-31-30(35)22(2)32(20-23-12-14-24(38-3)15-13-23)29(34)21-33(41(36,37)26-10-8-7-9-11-26)27-19-25(39-4)16-17-28(27)40-5/h7-17,19,22H,6,18,20-21H2,1-5H3,(H,31,35). The van der Waals surface area contributed by atoms with Gasteiger partial charge in [0.05, 0.1) is 31.9 Å². The molecule has 0 aromatic heterocycles. The molecule has 0 heterocycles. The van der Waals surface area contributed by atoms with Gasteiger partial charge in [-0.15, -0.1) is 0 Å². The number of ether oxygens (including phenoxy) is 3. The Morgan fingerprint density at radius 2 is 1.51 bits per heavy atom. The monoisotopic (exact) mass is 583 g/mol. The highest BCUT2D eigenvalue weighted by atomic mass is 32.2. The van der Waals surface area contributed by atoms with Gasteiger partial charge in [0.2, 0.25) is 11.8 Å². The largest absolute Gasteiger partial charge is 0.497 e. The number of carbonyl (C=O) groups excluding carboxylic acids is 2. The van der Waals surface area contributed by atoms with Crippen LogP contribution in [0.4, 0.5) is 5.69 Å². The molecule has 3 aromatic carbocycles. The first-order valence-electron chi connectivity index (χ1n) is 13.2. The normalized spacial score (nSPS) is 11.7. The van der Waals surface area contributed by atoms with Crippen molar-refractivity contribution in [3.63, 3.8) is 0 Å². The number of benzene rings is 3. The van der Waals surface area contributed by atoms with Gasteiger partial charge in [-0.25, -0.2) is 8.42 Å². The topological polar surface area (TPSA) is 114 Å². The minimum absolute atomic E-state index is 0.00638. The van der Waals surface area contributed by atoms with Crippen LogP contribution < -0.4 is 23.8 Å². The van der Waals surface area contributed by atoms with Crippen molar-refractivity contribution in [2.45, 2.75) is 37.8 Å². The Balaban J connectivity index is 2.08. The minimum atomic E-state index is -4.25. The minimum Gasteiger partial charge on any atom is -0.497 e. The fraction of sp³-hybridized carbons (Fsp3) is 0.333. The van der Waals surface area contributed by atoms with Crippen LogP contribution in [0, 0.1) is 0 Å². The molecule has 0 spiro atoms. The Bertz CT molecular complexity index is 1410. The van der Waals surface area contributed by atoms with Crippen LogP contribution >= 0.6 is 0 Å². The van der Waals surface area contributed by atoms with Crippen LogP contribution in [0.1, 0.15) is 25.8 Å². The van der Waals surface area contributed by atoms with E-state index in [1.54, 1.807) is 68.6 Å². The summed E-state index contributed by atoms with van der Waals surface area (Å²) in [5.74, 6) is 0.331. The molecular formula is C30H37N3O7S. The van der Waals surface area contributed by atoms with E-state index < -0.39 is 28.5 Å². The van der Waals surface area contributed by atoms with Gasteiger partial charge < -0.3 is 24.4 Å². The second-order valence-corrected chi connectivity index (χ2v) is 11.1. The summed E-state index contributed by atoms with van der Waals surface area (Å²) in [7, 11) is 0.178. The first kappa shape index (κ1) is 31.3. The second kappa shape index (κ2) is 14.4. The molecule has 0 saturated heterocycles. The molecule has 0 aliphatic heterocycles. The van der Waals surface area contributed by atoms with Crippen molar-refractivity contribution in [2.75, 3.05) is 38.7 Å². The van der Waals surface area contributed by atoms with Crippen molar-refractivity contribution >= 4 is 27.5 Å². The molecule has 1 N–H and O–H groups in total. The van der Waals surface area contributed by atoms with Crippen LogP contribution in [0.2, 0.25) is 0 Å². The van der Waals surface area contributed by atoms with Crippen molar-refractivity contribution in [1.82, 2.24) is 10.2 Å². The van der Waals surface area contributed by atoms with Crippen molar-refractivity contribution in [3.8, 4) is 17.2 Å². The van der Waals surface area contributed by atoms with Gasteiger partial charge in [-0.05, 0) is 55.3 Å². The van der Waals surface area contributed by atoms with E-state index in [9.17, 15) is 18.0 Å². The van der Waals surface area contributed by atoms with E-state index in [0.29, 0.717) is 18.0 Å². The lowest BCUT2D eigenvalue weighted by Gasteiger charge is -2.32. The molecule has 1 atom stereocenters. The Labute approximate surface area is 241 Å². The molecule has 0 radical (unpaired) electrons. The molecule has 0 bridgehead atoms. The molecule has 10 nitrogen and oxygen atoms in total. The number of anilines is 1. The number of sulfonamides is 1. The average molecular weight is 584 g/mol. The highest BCUT2D eigenvalue weighted by Gasteiger charge is 2.34. The number of carbonyl (C=O) groups is 2. The molecule has 11 heteroatoms. The lowest BCUT2D eigenvalue weighted by atomic mass is 10.1. The molecule has 0 saturated carbocycles. The van der Waals surface area contributed by atoms with E-state index >= 15 is 0 Å². The van der Waals surface area contributed by atoms with Gasteiger partial charge in [0.25, 0.3) is 10.0 Å². The molecule has 3 rings (SSSR count). The van der Waals surface area contributed by atoms with Crippen LogP contribution in [0.15, 0.2) is 77.7 Å². The highest BCUT2D eigenvalue weighted by Crippen LogP contribution is 2.36. The first-order valence-corrected chi connectivity index (χ1v) is 14.6. The number of nitrogens with one attached hydrogen (secondary N) is 1. The predicted octanol–water partition coefficient (Wildman–Crippen LogP) is 3.85. The summed E-state index contributed by atoms with van der Waals surface area (Å²) in [6.45, 7) is 3.47. The summed E-state index contributed by atoms with van der Waals surface area (Å²) in [6, 6.07) is 18.7. The maximum Gasteiger partial charge on any atom is 0.264 e. The third-order valence-corrected chi connectivity index (χ3v) is 8.27. The number of methoxy groups -OCH3 is 3. The number of hydrogen-bond donors (Lipinski definition) is 1. The molecule has 0 aliphatic carbocycles. The second-order valence-electron chi connectivity index (χ2n) is 9.20. The summed E-state index contributed by atoms with van der Waals surface area (Å²) >= 11 is 0. The van der Waals surface area contributed by atoms with Gasteiger partial charge in [-0.1, -0.05) is 37.3 Å². The van der Waals surface area contributed by atoms with E-state index in [1.807, 2.05) is 6.92 Å². The third-order valence-electron chi connectivity index (χ3n) is 6.49. The number of hydrogen-bond acceptors (Lipinski definition) is 7. The van der Waals surface area contributed by atoms with Gasteiger partial charge >= 0.3 is 0 Å². The zero-order chi connectivity index (χ0) is 30.0. The average Bonchev–Trinajstić information content (AvgIpc) is 3.01. The van der Waals surface area contributed by atoms with E-state index in [1.165, 1.54) is 37.3 Å². The van der Waals surface area contributed by atoms with Crippen LogP contribution in [0.3, 0.4) is 0 Å². The van der Waals surface area contributed by atoms with E-state index in [2.05, 4.69) is 5.32 Å². The summed E-state index contributed by atoms with van der Waals surface area (Å²) < 4.78 is 45.0. The molecule has 41 heavy (non-hydrogen) atoms. The van der Waals surface area contributed by atoms with E-state index in [-0.39, 0.29) is 28.8 Å². The lowest BCUT2D eigenvalue weighted by molar-refractivity contribution is -0.139. The molecule has 220 valence electrons. The van der Waals surface area contributed by atoms with E-state index in [4.69, 9.17) is 14.2 Å².